The molecule has 3 aromatic rings. The van der Waals surface area contributed by atoms with Crippen LogP contribution in [0.15, 0.2) is 61.1 Å². The molecule has 1 N–H and O–H groups in total. The van der Waals surface area contributed by atoms with Gasteiger partial charge < -0.3 is 4.98 Å². The molecule has 0 aliphatic carbocycles. The number of rotatable bonds is 3. The highest BCUT2D eigenvalue weighted by Gasteiger charge is 2.51. The van der Waals surface area contributed by atoms with E-state index in [1.54, 1.807) is 0 Å². The zero-order valence-corrected chi connectivity index (χ0v) is 18.1. The molecule has 32 heavy (non-hydrogen) atoms. The number of aromatic nitrogens is 2. The molecule has 0 amide bonds. The molecule has 1 aromatic carbocycles. The van der Waals surface area contributed by atoms with E-state index in [0.29, 0.717) is 6.04 Å². The third-order valence-corrected chi connectivity index (χ3v) is 7.02. The summed E-state index contributed by atoms with van der Waals surface area (Å²) in [6.07, 6.45) is 11.1. The third kappa shape index (κ3) is 3.39. The maximum Gasteiger partial charge on any atom is 0.123 e. The molecule has 164 valence electrons. The number of nitrogens with one attached hydrogen (secondary N) is 1. The molecular weight excluding hydrogens is 405 g/mol. The Labute approximate surface area is 186 Å². The first-order chi connectivity index (χ1) is 15.6. The van der Waals surface area contributed by atoms with Crippen LogP contribution in [0, 0.1) is 5.82 Å². The Bertz CT molecular complexity index is 1160. The normalized spacial score (nSPS) is 27.6. The second-order valence-corrected chi connectivity index (χ2v) is 9.29. The van der Waals surface area contributed by atoms with Crippen LogP contribution in [0.5, 0.6) is 0 Å². The van der Waals surface area contributed by atoms with Crippen molar-refractivity contribution in [3.05, 3.63) is 72.4 Å². The first kappa shape index (κ1) is 19.9. The van der Waals surface area contributed by atoms with Gasteiger partial charge in [0.05, 0.1) is 11.8 Å². The summed E-state index contributed by atoms with van der Waals surface area (Å²) in [7, 11) is 0. The van der Waals surface area contributed by atoms with Crippen LogP contribution in [0.25, 0.3) is 28.0 Å². The van der Waals surface area contributed by atoms with Crippen molar-refractivity contribution in [1.29, 1.82) is 0 Å². The summed E-state index contributed by atoms with van der Waals surface area (Å²) in [6, 6.07) is 11.2. The number of hydrogen-bond donors (Lipinski definition) is 1. The quantitative estimate of drug-likeness (QED) is 0.578. The Morgan fingerprint density at radius 2 is 1.91 bits per heavy atom. The molecule has 3 atom stereocenters. The number of hydrogen-bond acceptors (Lipinski definition) is 4. The van der Waals surface area contributed by atoms with Gasteiger partial charge in [0.1, 0.15) is 11.4 Å². The van der Waals surface area contributed by atoms with E-state index in [4.69, 9.17) is 9.78 Å². The molecule has 3 aliphatic heterocycles. The summed E-state index contributed by atoms with van der Waals surface area (Å²) in [4.78, 5) is 21.5. The molecular formula is C26H26FN3O2. The standard InChI is InChI=1S/C26H26FN3O2/c1-17-13-26(32-31-17)14-22-12-20(8-11-30(22)16-26)23-15-29-25(19-2-4-21(27)5-3-19)24(23)18-6-9-28-10-7-18/h2-10,15,17,22,29H,11-14,16H2,1H3/t17?,22-,26?/m0/s1. The van der Waals surface area contributed by atoms with Gasteiger partial charge in [-0.25, -0.2) is 14.2 Å². The van der Waals surface area contributed by atoms with E-state index in [0.717, 1.165) is 54.7 Å². The van der Waals surface area contributed by atoms with Crippen molar-refractivity contribution < 1.29 is 14.2 Å². The minimum absolute atomic E-state index is 0.157. The fourth-order valence-electron chi connectivity index (χ4n) is 5.65. The van der Waals surface area contributed by atoms with Crippen LogP contribution in [0.2, 0.25) is 0 Å². The topological polar surface area (TPSA) is 50.4 Å². The molecule has 5 nitrogen and oxygen atoms in total. The van der Waals surface area contributed by atoms with E-state index in [1.165, 1.54) is 23.3 Å². The fourth-order valence-corrected chi connectivity index (χ4v) is 5.65. The first-order valence-electron chi connectivity index (χ1n) is 11.3. The van der Waals surface area contributed by atoms with E-state index < -0.39 is 0 Å². The number of benzene rings is 1. The molecule has 2 unspecified atom stereocenters. The Morgan fingerprint density at radius 1 is 1.09 bits per heavy atom. The zero-order valence-electron chi connectivity index (χ0n) is 18.1. The molecule has 0 radical (unpaired) electrons. The third-order valence-electron chi connectivity index (χ3n) is 7.02. The van der Waals surface area contributed by atoms with Crippen LogP contribution in [-0.4, -0.2) is 45.7 Å². The highest BCUT2D eigenvalue weighted by atomic mass is 19.1. The minimum atomic E-state index is -0.233. The van der Waals surface area contributed by atoms with Crippen LogP contribution in [-0.2, 0) is 9.78 Å². The van der Waals surface area contributed by atoms with Crippen molar-refractivity contribution in [1.82, 2.24) is 14.9 Å². The number of halogens is 1. The molecule has 1 spiro atoms. The van der Waals surface area contributed by atoms with Gasteiger partial charge in [0.15, 0.2) is 0 Å². The summed E-state index contributed by atoms with van der Waals surface area (Å²) in [5, 5.41) is 0. The largest absolute Gasteiger partial charge is 0.360 e. The molecule has 6 rings (SSSR count). The summed E-state index contributed by atoms with van der Waals surface area (Å²) in [5.41, 5.74) is 6.58. The minimum Gasteiger partial charge on any atom is -0.360 e. The average molecular weight is 432 g/mol. The molecule has 2 aromatic heterocycles. The summed E-state index contributed by atoms with van der Waals surface area (Å²) in [5.74, 6) is -0.233. The van der Waals surface area contributed by atoms with Crippen LogP contribution in [0.4, 0.5) is 4.39 Å². The Hall–Kier alpha value is -2.80. The molecule has 0 saturated carbocycles. The molecule has 6 heteroatoms. The fraction of sp³-hybridized carbons (Fsp3) is 0.346. The Balaban J connectivity index is 1.36. The Morgan fingerprint density at radius 3 is 2.66 bits per heavy atom. The van der Waals surface area contributed by atoms with Crippen molar-refractivity contribution in [2.45, 2.75) is 43.9 Å². The van der Waals surface area contributed by atoms with Gasteiger partial charge in [-0.15, -0.1) is 0 Å². The maximum absolute atomic E-state index is 13.5. The average Bonchev–Trinajstić information content (AvgIpc) is 3.50. The lowest BCUT2D eigenvalue weighted by Gasteiger charge is -2.29. The van der Waals surface area contributed by atoms with Gasteiger partial charge in [-0.3, -0.25) is 9.88 Å². The summed E-state index contributed by atoms with van der Waals surface area (Å²) in [6.45, 7) is 3.91. The van der Waals surface area contributed by atoms with E-state index in [2.05, 4.69) is 34.1 Å². The number of fused-ring (bicyclic) bond motifs is 1. The van der Waals surface area contributed by atoms with Crippen molar-refractivity contribution in [2.75, 3.05) is 13.1 Å². The van der Waals surface area contributed by atoms with Crippen molar-refractivity contribution in [3.63, 3.8) is 0 Å². The zero-order chi connectivity index (χ0) is 21.7. The van der Waals surface area contributed by atoms with Gasteiger partial charge >= 0.3 is 0 Å². The molecule has 2 fully saturated rings. The molecule has 5 heterocycles. The molecule has 2 saturated heterocycles. The Kier molecular flexibility index (Phi) is 4.75. The molecule has 3 aliphatic rings. The van der Waals surface area contributed by atoms with Crippen LogP contribution < -0.4 is 0 Å². The van der Waals surface area contributed by atoms with Crippen LogP contribution in [0.1, 0.15) is 31.7 Å². The number of pyridine rings is 1. The lowest BCUT2D eigenvalue weighted by molar-refractivity contribution is -0.320. The van der Waals surface area contributed by atoms with E-state index in [1.807, 2.05) is 36.7 Å². The predicted molar refractivity (Wildman–Crippen MR) is 121 cm³/mol. The van der Waals surface area contributed by atoms with Crippen LogP contribution in [0.3, 0.4) is 0 Å². The number of aromatic amines is 1. The lowest BCUT2D eigenvalue weighted by Crippen LogP contribution is -2.35. The van der Waals surface area contributed by atoms with Gasteiger partial charge in [-0.1, -0.05) is 6.08 Å². The molecule has 0 bridgehead atoms. The van der Waals surface area contributed by atoms with Crippen molar-refractivity contribution >= 4 is 5.57 Å². The first-order valence-corrected chi connectivity index (χ1v) is 11.3. The lowest BCUT2D eigenvalue weighted by atomic mass is 9.87. The summed E-state index contributed by atoms with van der Waals surface area (Å²) >= 11 is 0. The smallest absolute Gasteiger partial charge is 0.123 e. The van der Waals surface area contributed by atoms with Gasteiger partial charge in [0.2, 0.25) is 0 Å². The van der Waals surface area contributed by atoms with Crippen molar-refractivity contribution in [3.8, 4) is 22.4 Å². The highest BCUT2D eigenvalue weighted by molar-refractivity contribution is 5.91. The van der Waals surface area contributed by atoms with E-state index >= 15 is 0 Å². The number of H-pyrrole nitrogens is 1. The van der Waals surface area contributed by atoms with Gasteiger partial charge in [0.25, 0.3) is 0 Å². The van der Waals surface area contributed by atoms with E-state index in [9.17, 15) is 4.39 Å². The van der Waals surface area contributed by atoms with Gasteiger partial charge in [0, 0.05) is 55.3 Å². The second kappa shape index (κ2) is 7.66. The number of nitrogens with zero attached hydrogens (tertiary/aromatic N) is 2. The van der Waals surface area contributed by atoms with Crippen LogP contribution >= 0.6 is 0 Å². The highest BCUT2D eigenvalue weighted by Crippen LogP contribution is 2.46. The predicted octanol–water partition coefficient (Wildman–Crippen LogP) is 5.22. The maximum atomic E-state index is 13.5. The SMILES string of the molecule is CC1CC2(C[C@@H]3CC(c4c[nH]c(-c5ccc(F)cc5)c4-c4ccncc4)=CCN3C2)OO1. The van der Waals surface area contributed by atoms with Crippen molar-refractivity contribution in [2.24, 2.45) is 0 Å². The van der Waals surface area contributed by atoms with Gasteiger partial charge in [-0.05, 0) is 72.9 Å². The summed E-state index contributed by atoms with van der Waals surface area (Å²) < 4.78 is 13.5. The monoisotopic (exact) mass is 431 g/mol. The van der Waals surface area contributed by atoms with Gasteiger partial charge in [-0.2, -0.15) is 0 Å². The van der Waals surface area contributed by atoms with E-state index in [-0.39, 0.29) is 17.5 Å². The second-order valence-electron chi connectivity index (χ2n) is 9.29.